The summed E-state index contributed by atoms with van der Waals surface area (Å²) in [6, 6.07) is 0. The van der Waals surface area contributed by atoms with Crippen LogP contribution in [0.1, 0.15) is 66.7 Å². The van der Waals surface area contributed by atoms with Gasteiger partial charge in [-0.1, -0.05) is 33.1 Å². The summed E-state index contributed by atoms with van der Waals surface area (Å²) in [5.74, 6) is 0. The number of hydrogen-bond acceptors (Lipinski definition) is 2. The van der Waals surface area contributed by atoms with Crippen LogP contribution >= 0.6 is 0 Å². The minimum absolute atomic E-state index is 0.244. The van der Waals surface area contributed by atoms with Crippen LogP contribution in [0, 0.1) is 5.41 Å². The highest BCUT2D eigenvalue weighted by molar-refractivity contribution is 4.89. The molecule has 0 amide bonds. The van der Waals surface area contributed by atoms with Crippen molar-refractivity contribution in [2.45, 2.75) is 72.3 Å². The van der Waals surface area contributed by atoms with Gasteiger partial charge >= 0.3 is 0 Å². The molecule has 0 saturated heterocycles. The maximum Gasteiger partial charge on any atom is 0.00967 e. The molecule has 0 bridgehead atoms. The van der Waals surface area contributed by atoms with Gasteiger partial charge in [0.15, 0.2) is 0 Å². The zero-order chi connectivity index (χ0) is 13.6. The highest BCUT2D eigenvalue weighted by Crippen LogP contribution is 2.37. The molecule has 0 aromatic rings. The molecule has 108 valence electrons. The predicted molar refractivity (Wildman–Crippen MR) is 81.1 cm³/mol. The first-order valence-electron chi connectivity index (χ1n) is 7.88. The smallest absolute Gasteiger partial charge is 0.00967 e. The van der Waals surface area contributed by atoms with Gasteiger partial charge in [-0.15, -0.1) is 0 Å². The maximum atomic E-state index is 3.76. The highest BCUT2D eigenvalue weighted by Gasteiger charge is 2.34. The van der Waals surface area contributed by atoms with Crippen molar-refractivity contribution in [1.29, 1.82) is 0 Å². The normalized spacial score (nSPS) is 20.3. The monoisotopic (exact) mass is 254 g/mol. The standard InChI is InChI=1S/C16H34N2/c1-6-18(7-2)14-16(11-9-8-10-12-16)13-17-15(3,4)5/h17H,6-14H2,1-5H3. The molecule has 0 heterocycles. The van der Waals surface area contributed by atoms with Gasteiger partial charge in [-0.2, -0.15) is 0 Å². The van der Waals surface area contributed by atoms with E-state index in [1.165, 1.54) is 58.3 Å². The second kappa shape index (κ2) is 6.91. The van der Waals surface area contributed by atoms with Gasteiger partial charge < -0.3 is 10.2 Å². The first kappa shape index (κ1) is 16.0. The molecule has 1 aliphatic carbocycles. The van der Waals surface area contributed by atoms with Crippen LogP contribution in [0.15, 0.2) is 0 Å². The predicted octanol–water partition coefficient (Wildman–Crippen LogP) is 3.67. The topological polar surface area (TPSA) is 15.3 Å². The van der Waals surface area contributed by atoms with E-state index in [2.05, 4.69) is 44.8 Å². The van der Waals surface area contributed by atoms with Crippen LogP contribution in [-0.2, 0) is 0 Å². The van der Waals surface area contributed by atoms with Gasteiger partial charge in [0.05, 0.1) is 0 Å². The summed E-state index contributed by atoms with van der Waals surface area (Å²) in [6.45, 7) is 16.3. The van der Waals surface area contributed by atoms with E-state index in [1.807, 2.05) is 0 Å². The van der Waals surface area contributed by atoms with Gasteiger partial charge in [-0.25, -0.2) is 0 Å². The third-order valence-corrected chi connectivity index (χ3v) is 4.36. The lowest BCUT2D eigenvalue weighted by molar-refractivity contribution is 0.101. The van der Waals surface area contributed by atoms with Crippen LogP contribution in [0.3, 0.4) is 0 Å². The molecule has 0 aromatic carbocycles. The summed E-state index contributed by atoms with van der Waals surface area (Å²) in [7, 11) is 0. The Morgan fingerprint density at radius 2 is 1.56 bits per heavy atom. The SMILES string of the molecule is CCN(CC)CC1(CNC(C)(C)C)CCCCC1. The highest BCUT2D eigenvalue weighted by atomic mass is 15.1. The summed E-state index contributed by atoms with van der Waals surface area (Å²) in [5.41, 5.74) is 0.769. The van der Waals surface area contributed by atoms with Crippen molar-refractivity contribution < 1.29 is 0 Å². The Bertz CT molecular complexity index is 220. The Hall–Kier alpha value is -0.0800. The van der Waals surface area contributed by atoms with Gasteiger partial charge in [0, 0.05) is 18.6 Å². The Kier molecular flexibility index (Phi) is 6.13. The first-order valence-corrected chi connectivity index (χ1v) is 7.88. The average molecular weight is 254 g/mol. The molecule has 18 heavy (non-hydrogen) atoms. The Labute approximate surface area is 115 Å². The van der Waals surface area contributed by atoms with Crippen LogP contribution in [0.25, 0.3) is 0 Å². The molecule has 0 radical (unpaired) electrons. The van der Waals surface area contributed by atoms with E-state index in [1.54, 1.807) is 0 Å². The first-order chi connectivity index (χ1) is 8.41. The second-order valence-electron chi connectivity index (χ2n) is 7.13. The van der Waals surface area contributed by atoms with Crippen LogP contribution in [0.5, 0.6) is 0 Å². The quantitative estimate of drug-likeness (QED) is 0.778. The van der Waals surface area contributed by atoms with Crippen molar-refractivity contribution in [1.82, 2.24) is 10.2 Å². The van der Waals surface area contributed by atoms with Crippen LogP contribution in [0.2, 0.25) is 0 Å². The Balaban J connectivity index is 2.62. The molecule has 0 unspecified atom stereocenters. The van der Waals surface area contributed by atoms with Crippen LogP contribution in [-0.4, -0.2) is 36.6 Å². The molecular formula is C16H34N2. The molecule has 0 aromatic heterocycles. The maximum absolute atomic E-state index is 3.76. The molecule has 0 atom stereocenters. The molecule has 1 fully saturated rings. The number of hydrogen-bond donors (Lipinski definition) is 1. The summed E-state index contributed by atoms with van der Waals surface area (Å²) in [5, 5.41) is 3.76. The fourth-order valence-electron chi connectivity index (χ4n) is 3.07. The van der Waals surface area contributed by atoms with Gasteiger partial charge in [0.1, 0.15) is 0 Å². The fourth-order valence-corrected chi connectivity index (χ4v) is 3.07. The lowest BCUT2D eigenvalue weighted by Crippen LogP contribution is -2.49. The Morgan fingerprint density at radius 3 is 2.00 bits per heavy atom. The third-order valence-electron chi connectivity index (χ3n) is 4.36. The molecule has 1 saturated carbocycles. The number of rotatable bonds is 6. The van der Waals surface area contributed by atoms with E-state index < -0.39 is 0 Å². The minimum Gasteiger partial charge on any atom is -0.311 e. The third kappa shape index (κ3) is 5.27. The van der Waals surface area contributed by atoms with E-state index in [-0.39, 0.29) is 5.54 Å². The molecule has 2 nitrogen and oxygen atoms in total. The number of nitrogens with one attached hydrogen (secondary N) is 1. The summed E-state index contributed by atoms with van der Waals surface area (Å²) >= 11 is 0. The number of nitrogens with zero attached hydrogens (tertiary/aromatic N) is 1. The molecule has 0 spiro atoms. The second-order valence-corrected chi connectivity index (χ2v) is 7.13. The summed E-state index contributed by atoms with van der Waals surface area (Å²) in [6.07, 6.45) is 7.11. The van der Waals surface area contributed by atoms with Crippen molar-refractivity contribution >= 4 is 0 Å². The molecule has 0 aliphatic heterocycles. The van der Waals surface area contributed by atoms with E-state index in [0.29, 0.717) is 5.41 Å². The largest absolute Gasteiger partial charge is 0.311 e. The molecule has 2 heteroatoms. The zero-order valence-electron chi connectivity index (χ0n) is 13.3. The molecule has 1 rings (SSSR count). The van der Waals surface area contributed by atoms with E-state index >= 15 is 0 Å². The van der Waals surface area contributed by atoms with Crippen molar-refractivity contribution in [2.24, 2.45) is 5.41 Å². The van der Waals surface area contributed by atoms with Gasteiger partial charge in [0.2, 0.25) is 0 Å². The zero-order valence-corrected chi connectivity index (χ0v) is 13.3. The summed E-state index contributed by atoms with van der Waals surface area (Å²) < 4.78 is 0. The van der Waals surface area contributed by atoms with E-state index in [4.69, 9.17) is 0 Å². The van der Waals surface area contributed by atoms with Crippen molar-refractivity contribution in [3.63, 3.8) is 0 Å². The molecule has 1 N–H and O–H groups in total. The van der Waals surface area contributed by atoms with Crippen molar-refractivity contribution in [3.05, 3.63) is 0 Å². The summed E-state index contributed by atoms with van der Waals surface area (Å²) in [4.78, 5) is 2.61. The molecular weight excluding hydrogens is 220 g/mol. The van der Waals surface area contributed by atoms with Gasteiger partial charge in [0.25, 0.3) is 0 Å². The fraction of sp³-hybridized carbons (Fsp3) is 1.00. The van der Waals surface area contributed by atoms with Crippen molar-refractivity contribution in [2.75, 3.05) is 26.2 Å². The minimum atomic E-state index is 0.244. The van der Waals surface area contributed by atoms with Crippen molar-refractivity contribution in [3.8, 4) is 0 Å². The van der Waals surface area contributed by atoms with Crippen LogP contribution < -0.4 is 5.32 Å². The van der Waals surface area contributed by atoms with E-state index in [0.717, 1.165) is 0 Å². The average Bonchev–Trinajstić information content (AvgIpc) is 2.34. The lowest BCUT2D eigenvalue weighted by Gasteiger charge is -2.42. The lowest BCUT2D eigenvalue weighted by atomic mass is 9.73. The van der Waals surface area contributed by atoms with Gasteiger partial charge in [-0.3, -0.25) is 0 Å². The van der Waals surface area contributed by atoms with E-state index in [9.17, 15) is 0 Å². The van der Waals surface area contributed by atoms with Crippen LogP contribution in [0.4, 0.5) is 0 Å². The molecule has 1 aliphatic rings. The van der Waals surface area contributed by atoms with Gasteiger partial charge in [-0.05, 0) is 52.1 Å². The Morgan fingerprint density at radius 1 is 1.00 bits per heavy atom.